The molecule has 0 saturated heterocycles. The fourth-order valence-electron chi connectivity index (χ4n) is 2.93. The summed E-state index contributed by atoms with van der Waals surface area (Å²) in [5, 5.41) is 5.45. The number of amides is 2. The van der Waals surface area contributed by atoms with Gasteiger partial charge in [0.05, 0.1) is 23.7 Å². The Morgan fingerprint density at radius 1 is 1.17 bits per heavy atom. The summed E-state index contributed by atoms with van der Waals surface area (Å²) in [7, 11) is 0. The van der Waals surface area contributed by atoms with Crippen LogP contribution >= 0.6 is 23.2 Å². The molecule has 0 unspecified atom stereocenters. The van der Waals surface area contributed by atoms with Crippen LogP contribution in [-0.2, 0) is 22.6 Å². The van der Waals surface area contributed by atoms with Crippen LogP contribution < -0.4 is 15.6 Å². The van der Waals surface area contributed by atoms with E-state index in [2.05, 4.69) is 29.8 Å². The van der Waals surface area contributed by atoms with Gasteiger partial charge in [0.2, 0.25) is 11.8 Å². The Labute approximate surface area is 187 Å². The molecule has 0 saturated carbocycles. The second-order valence-electron chi connectivity index (χ2n) is 7.53. The van der Waals surface area contributed by atoms with E-state index in [1.54, 1.807) is 18.2 Å². The van der Waals surface area contributed by atoms with Crippen LogP contribution in [0.25, 0.3) is 0 Å². The molecule has 0 aliphatic rings. The highest BCUT2D eigenvalue weighted by Crippen LogP contribution is 2.27. The van der Waals surface area contributed by atoms with E-state index in [0.29, 0.717) is 34.7 Å². The van der Waals surface area contributed by atoms with Crippen LogP contribution in [0.5, 0.6) is 5.75 Å². The molecule has 0 bridgehead atoms. The molecular weight excluding hydrogens is 427 g/mol. The summed E-state index contributed by atoms with van der Waals surface area (Å²) in [5.74, 6) is 0.392. The molecule has 2 N–H and O–H groups in total. The number of carbonyl (C=O) groups excluding carboxylic acids is 2. The van der Waals surface area contributed by atoms with Crippen molar-refractivity contribution in [3.8, 4) is 5.75 Å². The molecule has 0 fully saturated rings. The number of nitrogens with one attached hydrogen (secondary N) is 2. The molecule has 1 aromatic heterocycles. The first-order valence-electron chi connectivity index (χ1n) is 9.85. The Hall–Kier alpha value is -2.25. The van der Waals surface area contributed by atoms with Gasteiger partial charge in [0.25, 0.3) is 0 Å². The molecule has 9 heteroatoms. The van der Waals surface area contributed by atoms with E-state index < -0.39 is 0 Å². The lowest BCUT2D eigenvalue weighted by molar-refractivity contribution is -0.128. The number of nitrogens with zero attached hydrogens (tertiary/aromatic N) is 2. The monoisotopic (exact) mass is 454 g/mol. The summed E-state index contributed by atoms with van der Waals surface area (Å²) in [6, 6.07) is 4.95. The van der Waals surface area contributed by atoms with E-state index in [1.807, 2.05) is 18.5 Å². The molecule has 1 aromatic carbocycles. The Balaban J connectivity index is 1.72. The first kappa shape index (κ1) is 24.0. The summed E-state index contributed by atoms with van der Waals surface area (Å²) in [6.07, 6.45) is 0.838. The highest BCUT2D eigenvalue weighted by molar-refractivity contribution is 6.35. The van der Waals surface area contributed by atoms with E-state index in [1.165, 1.54) is 0 Å². The molecule has 0 spiro atoms. The van der Waals surface area contributed by atoms with Gasteiger partial charge in [-0.1, -0.05) is 37.0 Å². The van der Waals surface area contributed by atoms with Crippen molar-refractivity contribution in [1.29, 1.82) is 0 Å². The molecule has 0 radical (unpaired) electrons. The van der Waals surface area contributed by atoms with Gasteiger partial charge in [-0.05, 0) is 44.4 Å². The number of ether oxygens (including phenoxy) is 1. The predicted octanol–water partition coefficient (Wildman–Crippen LogP) is 4.01. The first-order valence-corrected chi connectivity index (χ1v) is 10.6. The SMILES string of the molecule is Cc1nn(CC(C)C)c(C)c1CC(=O)NNC(=O)CCCOc1ccc(Cl)cc1Cl. The number of aryl methyl sites for hydroxylation is 1. The second-order valence-corrected chi connectivity index (χ2v) is 8.37. The van der Waals surface area contributed by atoms with Crippen molar-refractivity contribution in [2.75, 3.05) is 6.61 Å². The summed E-state index contributed by atoms with van der Waals surface area (Å²) in [4.78, 5) is 24.2. The molecule has 1 heterocycles. The molecule has 7 nitrogen and oxygen atoms in total. The van der Waals surface area contributed by atoms with Crippen molar-refractivity contribution in [3.63, 3.8) is 0 Å². The molecule has 0 aliphatic carbocycles. The lowest BCUT2D eigenvalue weighted by Gasteiger charge is -2.10. The normalized spacial score (nSPS) is 10.9. The van der Waals surface area contributed by atoms with Gasteiger partial charge in [-0.15, -0.1) is 0 Å². The maximum atomic E-state index is 12.2. The van der Waals surface area contributed by atoms with Crippen LogP contribution in [0.4, 0.5) is 0 Å². The molecular formula is C21H28Cl2N4O3. The predicted molar refractivity (Wildman–Crippen MR) is 118 cm³/mol. The zero-order valence-corrected chi connectivity index (χ0v) is 19.2. The maximum absolute atomic E-state index is 12.2. The summed E-state index contributed by atoms with van der Waals surface area (Å²) >= 11 is 11.9. The lowest BCUT2D eigenvalue weighted by atomic mass is 10.1. The van der Waals surface area contributed by atoms with Crippen molar-refractivity contribution in [2.24, 2.45) is 5.92 Å². The minimum absolute atomic E-state index is 0.161. The molecule has 2 aromatic rings. The van der Waals surface area contributed by atoms with Crippen LogP contribution in [0.2, 0.25) is 10.0 Å². The third-order valence-electron chi connectivity index (χ3n) is 4.45. The van der Waals surface area contributed by atoms with Crippen molar-refractivity contribution >= 4 is 35.0 Å². The lowest BCUT2D eigenvalue weighted by Crippen LogP contribution is -2.42. The summed E-state index contributed by atoms with van der Waals surface area (Å²) in [6.45, 7) is 9.19. The van der Waals surface area contributed by atoms with Crippen LogP contribution in [0.15, 0.2) is 18.2 Å². The number of halogens is 2. The van der Waals surface area contributed by atoms with Gasteiger partial charge in [-0.2, -0.15) is 5.10 Å². The average Bonchev–Trinajstić information content (AvgIpc) is 2.91. The molecule has 0 aliphatic heterocycles. The van der Waals surface area contributed by atoms with Gasteiger partial charge in [-0.3, -0.25) is 25.1 Å². The smallest absolute Gasteiger partial charge is 0.242 e. The van der Waals surface area contributed by atoms with Crippen molar-refractivity contribution in [3.05, 3.63) is 45.2 Å². The first-order chi connectivity index (χ1) is 14.2. The van der Waals surface area contributed by atoms with E-state index in [9.17, 15) is 9.59 Å². The van der Waals surface area contributed by atoms with Gasteiger partial charge in [0.15, 0.2) is 0 Å². The third-order valence-corrected chi connectivity index (χ3v) is 4.98. The second kappa shape index (κ2) is 11.2. The summed E-state index contributed by atoms with van der Waals surface area (Å²) in [5.41, 5.74) is 7.57. The zero-order chi connectivity index (χ0) is 22.3. The van der Waals surface area contributed by atoms with Crippen molar-refractivity contribution in [1.82, 2.24) is 20.6 Å². The highest BCUT2D eigenvalue weighted by atomic mass is 35.5. The summed E-state index contributed by atoms with van der Waals surface area (Å²) < 4.78 is 7.46. The van der Waals surface area contributed by atoms with Crippen molar-refractivity contribution in [2.45, 2.75) is 53.5 Å². The molecule has 30 heavy (non-hydrogen) atoms. The zero-order valence-electron chi connectivity index (χ0n) is 17.7. The number of carbonyl (C=O) groups is 2. The maximum Gasteiger partial charge on any atom is 0.242 e. The number of aromatic nitrogens is 2. The van der Waals surface area contributed by atoms with Gasteiger partial charge < -0.3 is 4.74 Å². The topological polar surface area (TPSA) is 85.3 Å². The van der Waals surface area contributed by atoms with Crippen molar-refractivity contribution < 1.29 is 14.3 Å². The van der Waals surface area contributed by atoms with E-state index in [0.717, 1.165) is 23.5 Å². The number of hydrogen-bond donors (Lipinski definition) is 2. The molecule has 2 amide bonds. The number of hydrogen-bond acceptors (Lipinski definition) is 4. The Morgan fingerprint density at radius 3 is 2.53 bits per heavy atom. The fourth-order valence-corrected chi connectivity index (χ4v) is 3.39. The van der Waals surface area contributed by atoms with Gasteiger partial charge in [-0.25, -0.2) is 0 Å². The van der Waals surface area contributed by atoms with Crippen LogP contribution in [-0.4, -0.2) is 28.2 Å². The standard InChI is InChI=1S/C21H28Cl2N4O3/c1-13(2)12-27-15(4)17(14(3)26-27)11-21(29)25-24-20(28)6-5-9-30-19-8-7-16(22)10-18(19)23/h7-8,10,13H,5-6,9,11-12H2,1-4H3,(H,24,28)(H,25,29). The van der Waals surface area contributed by atoms with E-state index in [4.69, 9.17) is 27.9 Å². The molecule has 0 atom stereocenters. The number of hydrazine groups is 1. The Bertz CT molecular complexity index is 897. The van der Waals surface area contributed by atoms with Crippen LogP contribution in [0.1, 0.15) is 43.6 Å². The van der Waals surface area contributed by atoms with E-state index in [-0.39, 0.29) is 24.7 Å². The number of rotatable bonds is 9. The van der Waals surface area contributed by atoms with Crippen LogP contribution in [0.3, 0.4) is 0 Å². The van der Waals surface area contributed by atoms with Gasteiger partial charge >= 0.3 is 0 Å². The minimum atomic E-state index is -0.293. The molecule has 164 valence electrons. The Morgan fingerprint density at radius 2 is 1.87 bits per heavy atom. The van der Waals surface area contributed by atoms with Crippen LogP contribution in [0, 0.1) is 19.8 Å². The quantitative estimate of drug-likeness (QED) is 0.442. The largest absolute Gasteiger partial charge is 0.492 e. The average molecular weight is 455 g/mol. The highest BCUT2D eigenvalue weighted by Gasteiger charge is 2.16. The Kier molecular flexibility index (Phi) is 8.99. The fraction of sp³-hybridized carbons (Fsp3) is 0.476. The van der Waals surface area contributed by atoms with Gasteiger partial charge in [0, 0.05) is 29.2 Å². The van der Waals surface area contributed by atoms with Gasteiger partial charge in [0.1, 0.15) is 5.75 Å². The van der Waals surface area contributed by atoms with E-state index >= 15 is 0 Å². The minimum Gasteiger partial charge on any atom is -0.492 e. The molecule has 2 rings (SSSR count). The number of benzene rings is 1. The third kappa shape index (κ3) is 7.22.